The van der Waals surface area contributed by atoms with Crippen LogP contribution < -0.4 is 5.43 Å². The van der Waals surface area contributed by atoms with Gasteiger partial charge in [-0.2, -0.15) is 12.6 Å². The van der Waals surface area contributed by atoms with Crippen LogP contribution in [-0.2, 0) is 9.59 Å². The SMILES string of the molecule is O=C(O)[C@H](CS)NN1CCC[C@H]1C(=O)O. The van der Waals surface area contributed by atoms with Crippen LogP contribution in [0.1, 0.15) is 12.8 Å². The van der Waals surface area contributed by atoms with Gasteiger partial charge in [-0.05, 0) is 12.8 Å². The molecule has 0 bridgehead atoms. The summed E-state index contributed by atoms with van der Waals surface area (Å²) in [6, 6.07) is -1.47. The Hall–Kier alpha value is -0.790. The van der Waals surface area contributed by atoms with Gasteiger partial charge in [0, 0.05) is 12.3 Å². The first-order valence-corrected chi connectivity index (χ1v) is 5.28. The van der Waals surface area contributed by atoms with Gasteiger partial charge in [0.15, 0.2) is 0 Å². The summed E-state index contributed by atoms with van der Waals surface area (Å²) >= 11 is 3.89. The van der Waals surface area contributed by atoms with Gasteiger partial charge in [-0.25, -0.2) is 10.4 Å². The van der Waals surface area contributed by atoms with Crippen LogP contribution in [-0.4, -0.2) is 51.5 Å². The second-order valence-corrected chi connectivity index (χ2v) is 3.76. The number of hydrazine groups is 1. The fraction of sp³-hybridized carbons (Fsp3) is 0.750. The smallest absolute Gasteiger partial charge is 0.322 e. The van der Waals surface area contributed by atoms with E-state index in [1.54, 1.807) is 0 Å². The van der Waals surface area contributed by atoms with Crippen LogP contribution in [0.15, 0.2) is 0 Å². The number of nitrogens with zero attached hydrogens (tertiary/aromatic N) is 1. The zero-order valence-electron chi connectivity index (χ0n) is 8.09. The summed E-state index contributed by atoms with van der Waals surface area (Å²) in [5.74, 6) is -1.83. The highest BCUT2D eigenvalue weighted by Gasteiger charge is 2.32. The second-order valence-electron chi connectivity index (χ2n) is 3.39. The fourth-order valence-electron chi connectivity index (χ4n) is 1.55. The van der Waals surface area contributed by atoms with Gasteiger partial charge in [-0.15, -0.1) is 0 Å². The van der Waals surface area contributed by atoms with Crippen LogP contribution in [0, 0.1) is 0 Å². The molecule has 0 unspecified atom stereocenters. The summed E-state index contributed by atoms with van der Waals surface area (Å²) in [7, 11) is 0. The number of thiol groups is 1. The van der Waals surface area contributed by atoms with E-state index in [9.17, 15) is 9.59 Å². The van der Waals surface area contributed by atoms with E-state index < -0.39 is 24.0 Å². The number of carbonyl (C=O) groups is 2. The predicted molar refractivity (Wildman–Crippen MR) is 55.8 cm³/mol. The van der Waals surface area contributed by atoms with Crippen molar-refractivity contribution in [3.8, 4) is 0 Å². The lowest BCUT2D eigenvalue weighted by Crippen LogP contribution is -2.53. The van der Waals surface area contributed by atoms with E-state index >= 15 is 0 Å². The summed E-state index contributed by atoms with van der Waals surface area (Å²) in [5, 5.41) is 19.1. The first-order valence-electron chi connectivity index (χ1n) is 4.65. The lowest BCUT2D eigenvalue weighted by Gasteiger charge is -2.25. The maximum atomic E-state index is 10.8. The summed E-state index contributed by atoms with van der Waals surface area (Å²) in [6.45, 7) is 0.550. The summed E-state index contributed by atoms with van der Waals surface area (Å²) < 4.78 is 0. The van der Waals surface area contributed by atoms with Crippen LogP contribution >= 0.6 is 12.6 Å². The molecule has 0 aliphatic carbocycles. The minimum absolute atomic E-state index is 0.123. The Bertz CT molecular complexity index is 261. The first-order chi connectivity index (χ1) is 7.06. The number of nitrogens with one attached hydrogen (secondary N) is 1. The molecule has 86 valence electrons. The van der Waals surface area contributed by atoms with E-state index in [4.69, 9.17) is 10.2 Å². The summed E-state index contributed by atoms with van der Waals surface area (Å²) in [6.07, 6.45) is 1.30. The molecule has 1 aliphatic heterocycles. The van der Waals surface area contributed by atoms with Crippen molar-refractivity contribution in [3.05, 3.63) is 0 Å². The highest BCUT2D eigenvalue weighted by atomic mass is 32.1. The Kier molecular flexibility index (Phi) is 4.37. The van der Waals surface area contributed by atoms with Crippen LogP contribution in [0.2, 0.25) is 0 Å². The van der Waals surface area contributed by atoms with E-state index in [0.717, 1.165) is 6.42 Å². The van der Waals surface area contributed by atoms with Gasteiger partial charge in [-0.1, -0.05) is 0 Å². The predicted octanol–water partition coefficient (Wildman–Crippen LogP) is -0.577. The first kappa shape index (κ1) is 12.3. The Morgan fingerprint density at radius 2 is 2.20 bits per heavy atom. The van der Waals surface area contributed by atoms with Crippen molar-refractivity contribution in [1.82, 2.24) is 10.4 Å². The van der Waals surface area contributed by atoms with E-state index in [0.29, 0.717) is 13.0 Å². The van der Waals surface area contributed by atoms with Crippen molar-refractivity contribution in [2.24, 2.45) is 0 Å². The molecule has 6 nitrogen and oxygen atoms in total. The zero-order valence-corrected chi connectivity index (χ0v) is 8.98. The minimum Gasteiger partial charge on any atom is -0.480 e. The molecule has 1 aliphatic rings. The van der Waals surface area contributed by atoms with Crippen LogP contribution in [0.3, 0.4) is 0 Å². The number of carboxylic acid groups (broad SMARTS) is 2. The number of rotatable bonds is 5. The third-order valence-corrected chi connectivity index (χ3v) is 2.71. The van der Waals surface area contributed by atoms with E-state index in [1.807, 2.05) is 0 Å². The van der Waals surface area contributed by atoms with Crippen molar-refractivity contribution in [1.29, 1.82) is 0 Å². The lowest BCUT2D eigenvalue weighted by atomic mass is 10.2. The molecule has 2 atom stereocenters. The molecule has 1 rings (SSSR count). The minimum atomic E-state index is -1.03. The van der Waals surface area contributed by atoms with Crippen LogP contribution in [0.4, 0.5) is 0 Å². The molecule has 0 aromatic carbocycles. The molecule has 15 heavy (non-hydrogen) atoms. The zero-order chi connectivity index (χ0) is 11.4. The van der Waals surface area contributed by atoms with Gasteiger partial charge in [0.1, 0.15) is 12.1 Å². The Labute approximate surface area is 92.6 Å². The molecule has 1 heterocycles. The van der Waals surface area contributed by atoms with Crippen molar-refractivity contribution in [3.63, 3.8) is 0 Å². The molecule has 0 radical (unpaired) electrons. The van der Waals surface area contributed by atoms with Gasteiger partial charge >= 0.3 is 11.9 Å². The number of aliphatic carboxylic acids is 2. The monoisotopic (exact) mass is 234 g/mol. The third kappa shape index (κ3) is 3.08. The Morgan fingerprint density at radius 3 is 2.67 bits per heavy atom. The molecule has 7 heteroatoms. The maximum absolute atomic E-state index is 10.8. The standard InChI is InChI=1S/C8H14N2O4S/c11-7(12)5(4-15)9-10-3-1-2-6(10)8(13)14/h5-6,9,15H,1-4H2,(H,11,12)(H,13,14)/t5-,6-/m0/s1. The molecular weight excluding hydrogens is 220 g/mol. The van der Waals surface area contributed by atoms with Gasteiger partial charge in [0.05, 0.1) is 0 Å². The molecule has 1 saturated heterocycles. The normalized spacial score (nSPS) is 23.9. The van der Waals surface area contributed by atoms with Crippen molar-refractivity contribution >= 4 is 24.6 Å². The molecule has 0 spiro atoms. The van der Waals surface area contributed by atoms with Gasteiger partial charge in [0.25, 0.3) is 0 Å². The van der Waals surface area contributed by atoms with E-state index in [2.05, 4.69) is 18.1 Å². The van der Waals surface area contributed by atoms with Crippen LogP contribution in [0.25, 0.3) is 0 Å². The van der Waals surface area contributed by atoms with Crippen molar-refractivity contribution in [2.45, 2.75) is 24.9 Å². The largest absolute Gasteiger partial charge is 0.480 e. The van der Waals surface area contributed by atoms with Gasteiger partial charge in [0.2, 0.25) is 0 Å². The second kappa shape index (κ2) is 5.34. The Morgan fingerprint density at radius 1 is 1.53 bits per heavy atom. The van der Waals surface area contributed by atoms with Crippen LogP contribution in [0.5, 0.6) is 0 Å². The molecule has 1 fully saturated rings. The lowest BCUT2D eigenvalue weighted by molar-refractivity contribution is -0.147. The van der Waals surface area contributed by atoms with Gasteiger partial charge in [-0.3, -0.25) is 9.59 Å². The third-order valence-electron chi connectivity index (χ3n) is 2.34. The van der Waals surface area contributed by atoms with Crippen molar-refractivity contribution in [2.75, 3.05) is 12.3 Å². The van der Waals surface area contributed by atoms with Gasteiger partial charge < -0.3 is 10.2 Å². The quantitative estimate of drug-likeness (QED) is 0.476. The summed E-state index contributed by atoms with van der Waals surface area (Å²) in [4.78, 5) is 21.5. The number of hydrogen-bond acceptors (Lipinski definition) is 5. The Balaban J connectivity index is 2.56. The van der Waals surface area contributed by atoms with Crippen molar-refractivity contribution < 1.29 is 19.8 Å². The molecule has 0 aromatic rings. The highest BCUT2D eigenvalue weighted by molar-refractivity contribution is 7.80. The van der Waals surface area contributed by atoms with E-state index in [-0.39, 0.29) is 5.75 Å². The average molecular weight is 234 g/mol. The molecule has 0 saturated carbocycles. The highest BCUT2D eigenvalue weighted by Crippen LogP contribution is 2.15. The molecular formula is C8H14N2O4S. The molecule has 3 N–H and O–H groups in total. The summed E-state index contributed by atoms with van der Waals surface area (Å²) in [5.41, 5.74) is 2.67. The maximum Gasteiger partial charge on any atom is 0.322 e. The number of hydrogen-bond donors (Lipinski definition) is 4. The fourth-order valence-corrected chi connectivity index (χ4v) is 1.79. The molecule has 0 amide bonds. The number of carboxylic acids is 2. The topological polar surface area (TPSA) is 89.9 Å². The average Bonchev–Trinajstić information content (AvgIpc) is 2.61. The van der Waals surface area contributed by atoms with E-state index in [1.165, 1.54) is 5.01 Å². The molecule has 0 aromatic heterocycles.